The summed E-state index contributed by atoms with van der Waals surface area (Å²) in [6.07, 6.45) is 10.9. The van der Waals surface area contributed by atoms with Gasteiger partial charge < -0.3 is 4.74 Å². The van der Waals surface area contributed by atoms with Crippen molar-refractivity contribution in [3.63, 3.8) is 0 Å². The van der Waals surface area contributed by atoms with E-state index in [9.17, 15) is 9.59 Å². The van der Waals surface area contributed by atoms with Crippen LogP contribution in [0.3, 0.4) is 0 Å². The van der Waals surface area contributed by atoms with Gasteiger partial charge >= 0.3 is 5.97 Å². The molecular weight excluding hydrogens is 460 g/mol. The Bertz CT molecular complexity index is 1020. The van der Waals surface area contributed by atoms with E-state index in [1.807, 2.05) is 0 Å². The Morgan fingerprint density at radius 3 is 2.22 bits per heavy atom. The third kappa shape index (κ3) is 3.44. The summed E-state index contributed by atoms with van der Waals surface area (Å²) in [6, 6.07) is 0. The lowest BCUT2D eigenvalue weighted by atomic mass is 9.33. The molecule has 8 atom stereocenters. The number of hydrogen-bond acceptors (Lipinski definition) is 4. The van der Waals surface area contributed by atoms with Crippen molar-refractivity contribution in [1.29, 1.82) is 0 Å². The third-order valence-electron chi connectivity index (χ3n) is 13.5. The van der Waals surface area contributed by atoms with E-state index in [0.717, 1.165) is 38.5 Å². The van der Waals surface area contributed by atoms with Crippen LogP contribution in [0.15, 0.2) is 11.1 Å². The number of carbonyl (C=O) groups excluding carboxylic acids is 2. The zero-order valence-corrected chi connectivity index (χ0v) is 24.8. The van der Waals surface area contributed by atoms with Crippen molar-refractivity contribution < 1.29 is 14.3 Å². The van der Waals surface area contributed by atoms with Crippen LogP contribution in [0.2, 0.25) is 0 Å². The lowest BCUT2D eigenvalue weighted by Gasteiger charge is -2.72. The Morgan fingerprint density at radius 2 is 1.59 bits per heavy atom. The topological polar surface area (TPSA) is 81.4 Å². The largest absolute Gasteiger partial charge is 0.462 e. The fourth-order valence-corrected chi connectivity index (χ4v) is 11.5. The molecule has 0 heterocycles. The predicted octanol–water partition coefficient (Wildman–Crippen LogP) is 6.71. The SMILES string of the molecule is CC(=O)O[C@H]1CC[C@]2(C)C3CC[C@@H]4C5=C(C(C)C)CC[C@]5(C(=O)NN)CC[C@@]4(C)[C@]3(C)CC[C@H]2C1(C)C. The number of rotatable bonds is 3. The molecule has 0 aromatic rings. The summed E-state index contributed by atoms with van der Waals surface area (Å²) in [7, 11) is 0. The Hall–Kier alpha value is -1.36. The van der Waals surface area contributed by atoms with Crippen molar-refractivity contribution in [2.45, 2.75) is 126 Å². The summed E-state index contributed by atoms with van der Waals surface area (Å²) in [5, 5.41) is 0. The summed E-state index contributed by atoms with van der Waals surface area (Å²) in [5.74, 6) is 7.86. The Balaban J connectivity index is 1.55. The second-order valence-electron chi connectivity index (χ2n) is 15.2. The van der Waals surface area contributed by atoms with Crippen LogP contribution >= 0.6 is 0 Å². The maximum Gasteiger partial charge on any atom is 0.302 e. The van der Waals surface area contributed by atoms with E-state index in [-0.39, 0.29) is 39.6 Å². The van der Waals surface area contributed by atoms with Gasteiger partial charge in [-0.05, 0) is 104 Å². The van der Waals surface area contributed by atoms with Gasteiger partial charge in [0.1, 0.15) is 6.10 Å². The van der Waals surface area contributed by atoms with E-state index >= 15 is 0 Å². The fourth-order valence-electron chi connectivity index (χ4n) is 11.5. The maximum absolute atomic E-state index is 13.4. The van der Waals surface area contributed by atoms with E-state index in [1.165, 1.54) is 31.3 Å². The molecule has 0 saturated heterocycles. The number of hydrazine groups is 1. The highest BCUT2D eigenvalue weighted by Crippen LogP contribution is 2.76. The molecule has 0 aromatic carbocycles. The minimum absolute atomic E-state index is 0.0154. The summed E-state index contributed by atoms with van der Waals surface area (Å²) in [5.41, 5.74) is 5.87. The highest BCUT2D eigenvalue weighted by molar-refractivity contribution is 5.87. The molecule has 3 N–H and O–H groups in total. The first kappa shape index (κ1) is 27.2. The monoisotopic (exact) mass is 512 g/mol. The number of fused-ring (bicyclic) bond motifs is 7. The van der Waals surface area contributed by atoms with Crippen LogP contribution < -0.4 is 11.3 Å². The summed E-state index contributed by atoms with van der Waals surface area (Å²) in [4.78, 5) is 25.3. The molecule has 1 amide bonds. The minimum Gasteiger partial charge on any atom is -0.462 e. The molecule has 4 saturated carbocycles. The second kappa shape index (κ2) is 8.57. The second-order valence-corrected chi connectivity index (χ2v) is 15.2. The Morgan fingerprint density at radius 1 is 0.892 bits per heavy atom. The molecule has 0 aliphatic heterocycles. The van der Waals surface area contributed by atoms with E-state index in [4.69, 9.17) is 10.6 Å². The standard InChI is InChI=1S/C32H52N2O3/c1-19(2)21-11-16-32(27(36)34-33)18-17-30(7)22(26(21)32)9-10-24-29(6)14-13-25(37-20(3)35)28(4,5)23(29)12-15-31(24,30)8/h19,22-25H,9-18,33H2,1-8H3,(H,34,36)/t22-,23+,24?,25+,29+,30-,31-,32+/m1/s1. The van der Waals surface area contributed by atoms with Crippen LogP contribution in [0.4, 0.5) is 0 Å². The molecule has 0 radical (unpaired) electrons. The molecule has 0 aromatic heterocycles. The van der Waals surface area contributed by atoms with E-state index in [1.54, 1.807) is 12.5 Å². The van der Waals surface area contributed by atoms with Gasteiger partial charge in [0, 0.05) is 12.3 Å². The van der Waals surface area contributed by atoms with Crippen molar-refractivity contribution in [3.8, 4) is 0 Å². The average molecular weight is 513 g/mol. The first-order valence-corrected chi connectivity index (χ1v) is 15.1. The number of amides is 1. The van der Waals surface area contributed by atoms with Crippen LogP contribution in [0.1, 0.15) is 120 Å². The molecule has 0 bridgehead atoms. The number of ether oxygens (including phenoxy) is 1. The highest BCUT2D eigenvalue weighted by atomic mass is 16.5. The van der Waals surface area contributed by atoms with Gasteiger partial charge in [0.25, 0.3) is 0 Å². The maximum atomic E-state index is 13.4. The average Bonchev–Trinajstić information content (AvgIpc) is 3.22. The van der Waals surface area contributed by atoms with Gasteiger partial charge in [-0.2, -0.15) is 0 Å². The quantitative estimate of drug-likeness (QED) is 0.145. The summed E-state index contributed by atoms with van der Waals surface area (Å²) in [6.45, 7) is 18.7. The van der Waals surface area contributed by atoms with Gasteiger partial charge in [0.15, 0.2) is 0 Å². The zero-order chi connectivity index (χ0) is 27.2. The molecular formula is C32H52N2O3. The molecule has 5 rings (SSSR count). The highest BCUT2D eigenvalue weighted by Gasteiger charge is 2.70. The molecule has 5 aliphatic carbocycles. The smallest absolute Gasteiger partial charge is 0.302 e. The lowest BCUT2D eigenvalue weighted by molar-refractivity contribution is -0.232. The van der Waals surface area contributed by atoms with Crippen molar-refractivity contribution in [3.05, 3.63) is 11.1 Å². The normalized spacial score (nSPS) is 46.4. The number of allylic oxidation sites excluding steroid dienone is 1. The van der Waals surface area contributed by atoms with Gasteiger partial charge in [0.2, 0.25) is 5.91 Å². The van der Waals surface area contributed by atoms with Gasteiger partial charge in [-0.25, -0.2) is 5.84 Å². The number of hydrogen-bond donors (Lipinski definition) is 2. The van der Waals surface area contributed by atoms with Crippen molar-refractivity contribution in [2.75, 3.05) is 0 Å². The van der Waals surface area contributed by atoms with Crippen LogP contribution in [-0.4, -0.2) is 18.0 Å². The van der Waals surface area contributed by atoms with Crippen LogP contribution in [0.25, 0.3) is 0 Å². The van der Waals surface area contributed by atoms with E-state index in [0.29, 0.717) is 23.7 Å². The van der Waals surface area contributed by atoms with E-state index < -0.39 is 5.41 Å². The van der Waals surface area contributed by atoms with Crippen molar-refractivity contribution in [1.82, 2.24) is 5.43 Å². The van der Waals surface area contributed by atoms with E-state index in [2.05, 4.69) is 53.9 Å². The van der Waals surface area contributed by atoms with Gasteiger partial charge in [-0.1, -0.05) is 59.6 Å². The molecule has 0 spiro atoms. The molecule has 5 aliphatic rings. The number of nitrogens with two attached hydrogens (primary N) is 1. The molecule has 208 valence electrons. The van der Waals surface area contributed by atoms with Crippen molar-refractivity contribution >= 4 is 11.9 Å². The van der Waals surface area contributed by atoms with Gasteiger partial charge in [-0.3, -0.25) is 15.0 Å². The number of carbonyl (C=O) groups is 2. The third-order valence-corrected chi connectivity index (χ3v) is 13.5. The minimum atomic E-state index is -0.396. The fraction of sp³-hybridized carbons (Fsp3) is 0.875. The van der Waals surface area contributed by atoms with Crippen molar-refractivity contribution in [2.24, 2.45) is 56.6 Å². The molecule has 4 fully saturated rings. The predicted molar refractivity (Wildman–Crippen MR) is 147 cm³/mol. The lowest BCUT2D eigenvalue weighted by Crippen LogP contribution is -2.66. The number of esters is 1. The summed E-state index contributed by atoms with van der Waals surface area (Å²) < 4.78 is 5.90. The molecule has 1 unspecified atom stereocenters. The van der Waals surface area contributed by atoms with Gasteiger partial charge in [0.05, 0.1) is 5.41 Å². The number of nitrogens with one attached hydrogen (secondary N) is 1. The first-order chi connectivity index (χ1) is 17.2. The molecule has 5 nitrogen and oxygen atoms in total. The Kier molecular flexibility index (Phi) is 6.30. The summed E-state index contributed by atoms with van der Waals surface area (Å²) >= 11 is 0. The molecule has 37 heavy (non-hydrogen) atoms. The van der Waals surface area contributed by atoms with Gasteiger partial charge in [-0.15, -0.1) is 0 Å². The molecule has 5 heteroatoms. The first-order valence-electron chi connectivity index (χ1n) is 15.1. The Labute approximate surface area is 225 Å². The van der Waals surface area contributed by atoms with Crippen LogP contribution in [-0.2, 0) is 14.3 Å². The van der Waals surface area contributed by atoms with Crippen LogP contribution in [0, 0.1) is 50.7 Å². The zero-order valence-electron chi connectivity index (χ0n) is 24.8. The van der Waals surface area contributed by atoms with Crippen LogP contribution in [0.5, 0.6) is 0 Å².